The van der Waals surface area contributed by atoms with Gasteiger partial charge in [0.1, 0.15) is 10.7 Å². The van der Waals surface area contributed by atoms with E-state index >= 15 is 0 Å². The van der Waals surface area contributed by atoms with Crippen molar-refractivity contribution in [2.75, 3.05) is 5.32 Å². The van der Waals surface area contributed by atoms with E-state index in [9.17, 15) is 14.4 Å². The number of rotatable bonds is 5. The molecule has 26 heavy (non-hydrogen) atoms. The second-order valence-corrected chi connectivity index (χ2v) is 7.14. The SMILES string of the molecule is Cc1sc2nc(CCC(=O)Nc3ccccc3C(N)=O)[nH]c(=O)c2c1C. The molecule has 0 radical (unpaired) electrons. The maximum absolute atomic E-state index is 12.2. The van der Waals surface area contributed by atoms with Crippen molar-refractivity contribution in [1.29, 1.82) is 0 Å². The average molecular weight is 370 g/mol. The normalized spacial score (nSPS) is 10.8. The third-order valence-corrected chi connectivity index (χ3v) is 5.24. The quantitative estimate of drug-likeness (QED) is 0.638. The van der Waals surface area contributed by atoms with Crippen LogP contribution in [0.25, 0.3) is 10.2 Å². The van der Waals surface area contributed by atoms with Crippen molar-refractivity contribution in [2.24, 2.45) is 5.73 Å². The number of hydrogen-bond acceptors (Lipinski definition) is 5. The van der Waals surface area contributed by atoms with Gasteiger partial charge in [-0.3, -0.25) is 14.4 Å². The zero-order valence-electron chi connectivity index (χ0n) is 14.4. The van der Waals surface area contributed by atoms with Crippen molar-refractivity contribution in [3.8, 4) is 0 Å². The Morgan fingerprint density at radius 2 is 2.00 bits per heavy atom. The number of thiophene rings is 1. The fraction of sp³-hybridized carbons (Fsp3) is 0.222. The maximum atomic E-state index is 12.2. The summed E-state index contributed by atoms with van der Waals surface area (Å²) in [6.07, 6.45) is 0.399. The number of anilines is 1. The number of carbonyl (C=O) groups excluding carboxylic acids is 2. The van der Waals surface area contributed by atoms with E-state index < -0.39 is 5.91 Å². The first-order valence-electron chi connectivity index (χ1n) is 8.04. The van der Waals surface area contributed by atoms with E-state index in [1.54, 1.807) is 24.3 Å². The van der Waals surface area contributed by atoms with E-state index in [0.717, 1.165) is 10.4 Å². The molecular formula is C18H18N4O3S. The third kappa shape index (κ3) is 3.50. The molecule has 0 bridgehead atoms. The van der Waals surface area contributed by atoms with E-state index in [1.165, 1.54) is 11.3 Å². The molecular weight excluding hydrogens is 352 g/mol. The van der Waals surface area contributed by atoms with Gasteiger partial charge in [-0.2, -0.15) is 0 Å². The van der Waals surface area contributed by atoms with E-state index in [2.05, 4.69) is 15.3 Å². The molecule has 3 aromatic rings. The second kappa shape index (κ2) is 7.09. The number of fused-ring (bicyclic) bond motifs is 1. The van der Waals surface area contributed by atoms with Crippen LogP contribution in [0.3, 0.4) is 0 Å². The molecule has 134 valence electrons. The van der Waals surface area contributed by atoms with Crippen LogP contribution in [0.2, 0.25) is 0 Å². The molecule has 0 saturated carbocycles. The predicted octanol–water partition coefficient (Wildman–Crippen LogP) is 2.27. The summed E-state index contributed by atoms with van der Waals surface area (Å²) in [4.78, 5) is 44.8. The van der Waals surface area contributed by atoms with E-state index in [-0.39, 0.29) is 29.9 Å². The molecule has 3 rings (SSSR count). The molecule has 0 spiro atoms. The monoisotopic (exact) mass is 370 g/mol. The fourth-order valence-corrected chi connectivity index (χ4v) is 3.72. The molecule has 0 fully saturated rings. The van der Waals surface area contributed by atoms with Crippen LogP contribution in [-0.4, -0.2) is 21.8 Å². The highest BCUT2D eigenvalue weighted by molar-refractivity contribution is 7.18. The molecule has 1 aromatic carbocycles. The third-order valence-electron chi connectivity index (χ3n) is 4.14. The number of benzene rings is 1. The number of hydrogen-bond donors (Lipinski definition) is 3. The van der Waals surface area contributed by atoms with Crippen molar-refractivity contribution in [3.05, 3.63) is 56.4 Å². The summed E-state index contributed by atoms with van der Waals surface area (Å²) in [5.74, 6) is -0.442. The summed E-state index contributed by atoms with van der Waals surface area (Å²) in [7, 11) is 0. The van der Waals surface area contributed by atoms with Crippen LogP contribution >= 0.6 is 11.3 Å². The fourth-order valence-electron chi connectivity index (χ4n) is 2.67. The molecule has 0 saturated heterocycles. The van der Waals surface area contributed by atoms with Gasteiger partial charge in [-0.05, 0) is 31.5 Å². The average Bonchev–Trinajstić information content (AvgIpc) is 2.88. The van der Waals surface area contributed by atoms with E-state index in [0.29, 0.717) is 21.7 Å². The number of amides is 2. The molecule has 2 amide bonds. The van der Waals surface area contributed by atoms with Crippen LogP contribution < -0.4 is 16.6 Å². The second-order valence-electron chi connectivity index (χ2n) is 5.93. The lowest BCUT2D eigenvalue weighted by molar-refractivity contribution is -0.116. The zero-order chi connectivity index (χ0) is 18.8. The van der Waals surface area contributed by atoms with E-state index in [1.807, 2.05) is 13.8 Å². The minimum absolute atomic E-state index is 0.116. The van der Waals surface area contributed by atoms with E-state index in [4.69, 9.17) is 5.73 Å². The van der Waals surface area contributed by atoms with Gasteiger partial charge in [0.15, 0.2) is 0 Å². The molecule has 4 N–H and O–H groups in total. The number of H-pyrrole nitrogens is 1. The van der Waals surface area contributed by atoms with Crippen LogP contribution in [0.15, 0.2) is 29.1 Å². The standard InChI is InChI=1S/C18H18N4O3S/c1-9-10(2)26-18-15(9)17(25)21-13(22-18)7-8-14(23)20-12-6-4-3-5-11(12)16(19)24/h3-6H,7-8H2,1-2H3,(H2,19,24)(H,20,23)(H,21,22,25). The molecule has 7 nitrogen and oxygen atoms in total. The van der Waals surface area contributed by atoms with Crippen LogP contribution in [-0.2, 0) is 11.2 Å². The Bertz CT molecular complexity index is 1070. The molecule has 8 heteroatoms. The molecule has 2 heterocycles. The van der Waals surface area contributed by atoms with Gasteiger partial charge in [-0.25, -0.2) is 4.98 Å². The summed E-state index contributed by atoms with van der Waals surface area (Å²) < 4.78 is 0. The lowest BCUT2D eigenvalue weighted by Gasteiger charge is -2.08. The molecule has 0 unspecified atom stereocenters. The Balaban J connectivity index is 1.73. The van der Waals surface area contributed by atoms with Gasteiger partial charge in [0.2, 0.25) is 5.91 Å². The first kappa shape index (κ1) is 17.8. The minimum atomic E-state index is -0.610. The highest BCUT2D eigenvalue weighted by Gasteiger charge is 2.14. The first-order valence-corrected chi connectivity index (χ1v) is 8.86. The van der Waals surface area contributed by atoms with Crippen molar-refractivity contribution in [3.63, 3.8) is 0 Å². The smallest absolute Gasteiger partial charge is 0.259 e. The van der Waals surface area contributed by atoms with Crippen LogP contribution in [0.4, 0.5) is 5.69 Å². The first-order chi connectivity index (χ1) is 12.4. The molecule has 0 aliphatic carbocycles. The van der Waals surface area contributed by atoms with Crippen LogP contribution in [0.1, 0.15) is 33.0 Å². The number of aromatic amines is 1. The molecule has 0 atom stereocenters. The van der Waals surface area contributed by atoms with Gasteiger partial charge in [0.25, 0.3) is 11.5 Å². The highest BCUT2D eigenvalue weighted by Crippen LogP contribution is 2.25. The lowest BCUT2D eigenvalue weighted by atomic mass is 10.1. The highest BCUT2D eigenvalue weighted by atomic mass is 32.1. The van der Waals surface area contributed by atoms with Crippen LogP contribution in [0, 0.1) is 13.8 Å². The Morgan fingerprint density at radius 3 is 2.73 bits per heavy atom. The van der Waals surface area contributed by atoms with Gasteiger partial charge in [-0.15, -0.1) is 11.3 Å². The van der Waals surface area contributed by atoms with Gasteiger partial charge in [-0.1, -0.05) is 12.1 Å². The molecule has 2 aromatic heterocycles. The number of carbonyl (C=O) groups is 2. The summed E-state index contributed by atoms with van der Waals surface area (Å²) in [6, 6.07) is 6.54. The number of aromatic nitrogens is 2. The maximum Gasteiger partial charge on any atom is 0.259 e. The van der Waals surface area contributed by atoms with Gasteiger partial charge in [0.05, 0.1) is 16.6 Å². The Kier molecular flexibility index (Phi) is 4.85. The summed E-state index contributed by atoms with van der Waals surface area (Å²) in [6.45, 7) is 3.85. The number of para-hydroxylation sites is 1. The number of nitrogens with one attached hydrogen (secondary N) is 2. The number of nitrogens with zero attached hydrogens (tertiary/aromatic N) is 1. The zero-order valence-corrected chi connectivity index (χ0v) is 15.2. The molecule has 0 aliphatic heterocycles. The minimum Gasteiger partial charge on any atom is -0.366 e. The largest absolute Gasteiger partial charge is 0.366 e. The topological polar surface area (TPSA) is 118 Å². The van der Waals surface area contributed by atoms with Crippen LogP contribution in [0.5, 0.6) is 0 Å². The lowest BCUT2D eigenvalue weighted by Crippen LogP contribution is -2.19. The number of primary amides is 1. The Morgan fingerprint density at radius 1 is 1.27 bits per heavy atom. The Labute approximate surface area is 153 Å². The summed E-state index contributed by atoms with van der Waals surface area (Å²) >= 11 is 1.47. The predicted molar refractivity (Wildman–Crippen MR) is 102 cm³/mol. The summed E-state index contributed by atoms with van der Waals surface area (Å²) in [5, 5.41) is 3.28. The van der Waals surface area contributed by atoms with Gasteiger partial charge in [0, 0.05) is 17.7 Å². The summed E-state index contributed by atoms with van der Waals surface area (Å²) in [5.41, 5.74) is 6.66. The van der Waals surface area contributed by atoms with Gasteiger partial charge < -0.3 is 16.0 Å². The van der Waals surface area contributed by atoms with Crippen molar-refractivity contribution in [2.45, 2.75) is 26.7 Å². The van der Waals surface area contributed by atoms with Gasteiger partial charge >= 0.3 is 0 Å². The number of aryl methyl sites for hydroxylation is 3. The van der Waals surface area contributed by atoms with Crippen molar-refractivity contribution >= 4 is 39.1 Å². The van der Waals surface area contributed by atoms with Crippen molar-refractivity contribution in [1.82, 2.24) is 9.97 Å². The van der Waals surface area contributed by atoms with Crippen molar-refractivity contribution < 1.29 is 9.59 Å². The Hall–Kier alpha value is -3.00. The molecule has 0 aliphatic rings. The number of nitrogens with two attached hydrogens (primary N) is 1.